The zero-order valence-electron chi connectivity index (χ0n) is 10.4. The zero-order valence-corrected chi connectivity index (χ0v) is 13.4. The van der Waals surface area contributed by atoms with Crippen LogP contribution in [0, 0.1) is 13.7 Å². The topological polar surface area (TPSA) is 107 Å². The Kier molecular flexibility index (Phi) is 4.88. The van der Waals surface area contributed by atoms with Crippen molar-refractivity contribution in [3.63, 3.8) is 0 Å². The van der Waals surface area contributed by atoms with Gasteiger partial charge in [0, 0.05) is 0 Å². The van der Waals surface area contributed by atoms with E-state index in [0.29, 0.717) is 3.57 Å². The number of rotatable bonds is 5. The molecule has 0 aliphatic heterocycles. The van der Waals surface area contributed by atoms with Gasteiger partial charge >= 0.3 is 129 Å². The summed E-state index contributed by atoms with van der Waals surface area (Å²) < 4.78 is 39.3. The molecule has 112 valence electrons. The first-order valence-corrected chi connectivity index (χ1v) is 9.88. The summed E-state index contributed by atoms with van der Waals surface area (Å²) in [5.74, 6) is 0. The molecule has 0 unspecified atom stereocenters. The van der Waals surface area contributed by atoms with Crippen molar-refractivity contribution in [1.82, 2.24) is 0 Å². The minimum absolute atomic E-state index is 0.379. The molecule has 0 fully saturated rings. The minimum atomic E-state index is -4.41. The molecule has 2 aromatic carbocycles. The van der Waals surface area contributed by atoms with Crippen molar-refractivity contribution in [3.8, 4) is 0 Å². The molecule has 7 nitrogen and oxygen atoms in total. The van der Waals surface area contributed by atoms with Crippen molar-refractivity contribution in [2.24, 2.45) is 0 Å². The summed E-state index contributed by atoms with van der Waals surface area (Å²) in [5, 5.41) is 10.9. The van der Waals surface area contributed by atoms with E-state index in [1.807, 2.05) is 0 Å². The van der Waals surface area contributed by atoms with E-state index in [1.54, 1.807) is 30.3 Å². The van der Waals surface area contributed by atoms with Gasteiger partial charge in [0.2, 0.25) is 0 Å². The number of hydrogen-bond acceptors (Lipinski definition) is 6. The number of nitro benzene ring substituents is 1. The van der Waals surface area contributed by atoms with Crippen molar-refractivity contribution in [2.45, 2.75) is 4.90 Å². The van der Waals surface area contributed by atoms with Crippen LogP contribution < -0.4 is 0 Å². The first kappa shape index (κ1) is 15.8. The fourth-order valence-electron chi connectivity index (χ4n) is 1.49. The van der Waals surface area contributed by atoms with Crippen molar-refractivity contribution in [2.75, 3.05) is 0 Å². The van der Waals surface area contributed by atoms with Gasteiger partial charge in [0.1, 0.15) is 0 Å². The second-order valence-electron chi connectivity index (χ2n) is 3.77. The second-order valence-corrected chi connectivity index (χ2v) is 8.88. The van der Waals surface area contributed by atoms with Crippen LogP contribution >= 0.6 is 20.6 Å². The summed E-state index contributed by atoms with van der Waals surface area (Å²) in [5.41, 5.74) is -0.588. The Morgan fingerprint density at radius 1 is 1.05 bits per heavy atom. The summed E-state index contributed by atoms with van der Waals surface area (Å²) in [6, 6.07) is 12.9. The van der Waals surface area contributed by atoms with Crippen LogP contribution in [-0.2, 0) is 12.6 Å². The number of benzene rings is 2. The molecule has 0 radical (unpaired) electrons. The predicted octanol–water partition coefficient (Wildman–Crippen LogP) is 2.50. The fourth-order valence-corrected chi connectivity index (χ4v) is 6.01. The van der Waals surface area contributed by atoms with Gasteiger partial charge in [0.05, 0.1) is 0 Å². The molecule has 0 atom stereocenters. The van der Waals surface area contributed by atoms with Gasteiger partial charge in [0.15, 0.2) is 0 Å². The van der Waals surface area contributed by atoms with Gasteiger partial charge < -0.3 is 0 Å². The molecule has 2 rings (SSSR count). The van der Waals surface area contributed by atoms with Crippen molar-refractivity contribution >= 4 is 36.5 Å². The first-order chi connectivity index (χ1) is 9.92. The van der Waals surface area contributed by atoms with Gasteiger partial charge in [-0.2, -0.15) is 0 Å². The maximum absolute atomic E-state index is 12.1. The number of nitrogens with zero attached hydrogens (tertiary/aromatic N) is 1. The van der Waals surface area contributed by atoms with E-state index in [-0.39, 0.29) is 0 Å². The third-order valence-corrected chi connectivity index (χ3v) is 7.79. The van der Waals surface area contributed by atoms with E-state index >= 15 is 0 Å². The van der Waals surface area contributed by atoms with E-state index in [0.717, 1.165) is 12.1 Å². The van der Waals surface area contributed by atoms with Gasteiger partial charge in [0.25, 0.3) is 0 Å². The summed E-state index contributed by atoms with van der Waals surface area (Å²) in [7, 11) is -4.41. The summed E-state index contributed by atoms with van der Waals surface area (Å²) >= 11 is -3.41. The molecule has 0 aliphatic carbocycles. The van der Waals surface area contributed by atoms with Gasteiger partial charge in [-0.05, 0) is 0 Å². The molecule has 1 N–H and O–H groups in total. The summed E-state index contributed by atoms with van der Waals surface area (Å²) in [6.45, 7) is 0. The van der Waals surface area contributed by atoms with E-state index < -0.39 is 46.3 Å². The average Bonchev–Trinajstić information content (AvgIpc) is 2.47. The van der Waals surface area contributed by atoms with E-state index in [2.05, 4.69) is 0 Å². The quantitative estimate of drug-likeness (QED) is 0.450. The standard InChI is InChI=1S/C12H10INO6S/c15-13(10-6-2-1-3-7-10)20-21(18,19)12-9-5-4-8-11(12)14(16)17/h1-9,15H. The Morgan fingerprint density at radius 3 is 2.24 bits per heavy atom. The Bertz CT molecular complexity index is 749. The summed E-state index contributed by atoms with van der Waals surface area (Å²) in [6.07, 6.45) is 0. The first-order valence-electron chi connectivity index (χ1n) is 5.54. The van der Waals surface area contributed by atoms with Crippen LogP contribution in [0.3, 0.4) is 0 Å². The molecule has 0 saturated carbocycles. The monoisotopic (exact) mass is 423 g/mol. The molecule has 0 spiro atoms. The van der Waals surface area contributed by atoms with Crippen LogP contribution in [0.4, 0.5) is 5.69 Å². The van der Waals surface area contributed by atoms with Crippen molar-refractivity contribution < 1.29 is 19.3 Å². The molecule has 0 amide bonds. The van der Waals surface area contributed by atoms with Gasteiger partial charge in [-0.3, -0.25) is 0 Å². The molecule has 0 bridgehead atoms. The predicted molar refractivity (Wildman–Crippen MR) is 82.7 cm³/mol. The molecule has 2 aromatic rings. The molecule has 0 saturated heterocycles. The number of nitro groups is 1. The van der Waals surface area contributed by atoms with Gasteiger partial charge in [-0.1, -0.05) is 0 Å². The second kappa shape index (κ2) is 6.47. The number of para-hydroxylation sites is 1. The Balaban J connectivity index is 2.34. The van der Waals surface area contributed by atoms with Gasteiger partial charge in [-0.25, -0.2) is 0 Å². The van der Waals surface area contributed by atoms with Crippen molar-refractivity contribution in [3.05, 3.63) is 68.3 Å². The van der Waals surface area contributed by atoms with Crippen LogP contribution in [-0.4, -0.2) is 16.8 Å². The molecule has 0 aromatic heterocycles. The van der Waals surface area contributed by atoms with Crippen molar-refractivity contribution in [1.29, 1.82) is 0 Å². The molecular formula is C12H10INO6S. The van der Waals surface area contributed by atoms with Crippen LogP contribution in [0.15, 0.2) is 59.5 Å². The summed E-state index contributed by atoms with van der Waals surface area (Å²) in [4.78, 5) is 9.48. The third kappa shape index (κ3) is 3.75. The zero-order chi connectivity index (χ0) is 15.5. The van der Waals surface area contributed by atoms with E-state index in [4.69, 9.17) is 2.51 Å². The Hall–Kier alpha value is -1.56. The van der Waals surface area contributed by atoms with Crippen LogP contribution in [0.5, 0.6) is 0 Å². The fraction of sp³-hybridized carbons (Fsp3) is 0. The maximum atomic E-state index is 12.1. The number of hydrogen-bond donors (Lipinski definition) is 1. The molecule has 21 heavy (non-hydrogen) atoms. The molecular weight excluding hydrogens is 413 g/mol. The van der Waals surface area contributed by atoms with Crippen LogP contribution in [0.25, 0.3) is 0 Å². The Labute approximate surface area is 128 Å². The molecule has 9 heteroatoms. The Morgan fingerprint density at radius 2 is 1.62 bits per heavy atom. The molecule has 0 aliphatic rings. The molecule has 0 heterocycles. The van der Waals surface area contributed by atoms with E-state index in [9.17, 15) is 22.0 Å². The normalized spacial score (nSPS) is 12.0. The van der Waals surface area contributed by atoms with E-state index in [1.165, 1.54) is 12.1 Å². The third-order valence-electron chi connectivity index (χ3n) is 2.39. The van der Waals surface area contributed by atoms with Crippen LogP contribution in [0.2, 0.25) is 0 Å². The van der Waals surface area contributed by atoms with Crippen LogP contribution in [0.1, 0.15) is 0 Å². The van der Waals surface area contributed by atoms with Gasteiger partial charge in [-0.15, -0.1) is 0 Å². The number of halogens is 1. The average molecular weight is 423 g/mol. The SMILES string of the molecule is O=[N+]([O-])c1ccccc1S(=O)(=O)OI(O)c1ccccc1.